The van der Waals surface area contributed by atoms with Gasteiger partial charge >= 0.3 is 0 Å². The Morgan fingerprint density at radius 2 is 1.60 bits per heavy atom. The first-order valence-corrected chi connectivity index (χ1v) is 14.2. The molecule has 3 aliphatic rings. The standard InChI is InChI=1S/C36H30N2O5/c1-21-12-14-23(15-13-21)32(39)31-30(33(40)26-20-24(42-2)16-17-29(26)43-3)36(27-10-6-7-11-28(27)37-35(36)41)34-25-9-5-4-8-22(25)18-19-38(31)34/h4-20,30-31,34H,1-3H3,(H,37,41). The Morgan fingerprint density at radius 1 is 0.860 bits per heavy atom. The summed E-state index contributed by atoms with van der Waals surface area (Å²) in [5.74, 6) is -1.21. The highest BCUT2D eigenvalue weighted by atomic mass is 16.5. The van der Waals surface area contributed by atoms with Crippen molar-refractivity contribution in [3.8, 4) is 11.5 Å². The number of aryl methyl sites for hydroxylation is 1. The number of nitrogens with one attached hydrogen (secondary N) is 1. The molecule has 1 N–H and O–H groups in total. The Balaban J connectivity index is 1.55. The molecular weight excluding hydrogens is 540 g/mol. The lowest BCUT2D eigenvalue weighted by molar-refractivity contribution is -0.122. The van der Waals surface area contributed by atoms with E-state index in [2.05, 4.69) is 5.32 Å². The van der Waals surface area contributed by atoms with Gasteiger partial charge in [-0.3, -0.25) is 14.4 Å². The largest absolute Gasteiger partial charge is 0.497 e. The monoisotopic (exact) mass is 570 g/mol. The van der Waals surface area contributed by atoms with Gasteiger partial charge in [-0.2, -0.15) is 0 Å². The number of benzene rings is 4. The number of anilines is 1. The van der Waals surface area contributed by atoms with E-state index in [1.54, 1.807) is 30.3 Å². The average Bonchev–Trinajstić information content (AvgIpc) is 3.52. The fourth-order valence-electron chi connectivity index (χ4n) is 7.23. The molecule has 0 aromatic heterocycles. The number of carbonyl (C=O) groups is 3. The van der Waals surface area contributed by atoms with Crippen LogP contribution in [0.25, 0.3) is 6.08 Å². The zero-order valence-corrected chi connectivity index (χ0v) is 24.0. The van der Waals surface area contributed by atoms with Gasteiger partial charge in [0.15, 0.2) is 11.6 Å². The van der Waals surface area contributed by atoms with Gasteiger partial charge < -0.3 is 19.7 Å². The van der Waals surface area contributed by atoms with Crippen LogP contribution in [-0.4, -0.2) is 42.6 Å². The highest BCUT2D eigenvalue weighted by Gasteiger charge is 2.70. The molecule has 1 saturated heterocycles. The minimum Gasteiger partial charge on any atom is -0.497 e. The van der Waals surface area contributed by atoms with Gasteiger partial charge in [0.1, 0.15) is 23.0 Å². The number of carbonyl (C=O) groups excluding carboxylic acids is 3. The molecule has 7 nitrogen and oxygen atoms in total. The normalized spacial score (nSPS) is 22.9. The second kappa shape index (κ2) is 9.98. The fourth-order valence-corrected chi connectivity index (χ4v) is 7.23. The molecule has 0 radical (unpaired) electrons. The summed E-state index contributed by atoms with van der Waals surface area (Å²) >= 11 is 0. The molecule has 7 heteroatoms. The molecule has 43 heavy (non-hydrogen) atoms. The summed E-state index contributed by atoms with van der Waals surface area (Å²) in [5.41, 5.74) is 3.47. The summed E-state index contributed by atoms with van der Waals surface area (Å²) < 4.78 is 11.1. The maximum absolute atomic E-state index is 15.1. The van der Waals surface area contributed by atoms with E-state index >= 15 is 4.79 Å². The van der Waals surface area contributed by atoms with Crippen LogP contribution < -0.4 is 14.8 Å². The van der Waals surface area contributed by atoms with Crippen LogP contribution in [0.5, 0.6) is 11.5 Å². The summed E-state index contributed by atoms with van der Waals surface area (Å²) in [4.78, 5) is 46.4. The molecule has 3 heterocycles. The quantitative estimate of drug-likeness (QED) is 0.287. The van der Waals surface area contributed by atoms with Crippen molar-refractivity contribution >= 4 is 29.2 Å². The van der Waals surface area contributed by atoms with Gasteiger partial charge in [0.2, 0.25) is 5.91 Å². The van der Waals surface area contributed by atoms with Gasteiger partial charge in [-0.15, -0.1) is 0 Å². The van der Waals surface area contributed by atoms with E-state index in [0.717, 1.165) is 16.7 Å². The lowest BCUT2D eigenvalue weighted by Crippen LogP contribution is -2.49. The first-order valence-electron chi connectivity index (χ1n) is 14.2. The van der Waals surface area contributed by atoms with Gasteiger partial charge in [-0.05, 0) is 54.0 Å². The number of methoxy groups -OCH3 is 2. The van der Waals surface area contributed by atoms with Crippen LogP contribution in [0.3, 0.4) is 0 Å². The highest BCUT2D eigenvalue weighted by Crippen LogP contribution is 2.62. The van der Waals surface area contributed by atoms with E-state index in [1.165, 1.54) is 14.2 Å². The molecule has 0 saturated carbocycles. The number of fused-ring (bicyclic) bond motifs is 6. The van der Waals surface area contributed by atoms with Crippen molar-refractivity contribution in [3.63, 3.8) is 0 Å². The minimum absolute atomic E-state index is 0.233. The van der Waals surface area contributed by atoms with Crippen molar-refractivity contribution in [3.05, 3.63) is 131 Å². The molecule has 4 atom stereocenters. The van der Waals surface area contributed by atoms with Crippen LogP contribution in [0.1, 0.15) is 49.0 Å². The maximum atomic E-state index is 15.1. The van der Waals surface area contributed by atoms with Gasteiger partial charge in [0.05, 0.1) is 31.7 Å². The zero-order valence-electron chi connectivity index (χ0n) is 24.0. The Kier molecular flexibility index (Phi) is 6.20. The number of Topliss-reactive ketones (excluding diaryl/α,β-unsaturated/α-hetero) is 2. The second-order valence-electron chi connectivity index (χ2n) is 11.2. The lowest BCUT2D eigenvalue weighted by atomic mass is 9.62. The van der Waals surface area contributed by atoms with Crippen molar-refractivity contribution in [1.82, 2.24) is 4.90 Å². The maximum Gasteiger partial charge on any atom is 0.238 e. The summed E-state index contributed by atoms with van der Waals surface area (Å²) in [6.45, 7) is 1.96. The lowest BCUT2D eigenvalue weighted by Gasteiger charge is -2.38. The first kappa shape index (κ1) is 26.7. The predicted molar refractivity (Wildman–Crippen MR) is 163 cm³/mol. The molecule has 4 aromatic rings. The van der Waals surface area contributed by atoms with Crippen LogP contribution in [0, 0.1) is 12.8 Å². The van der Waals surface area contributed by atoms with Crippen molar-refractivity contribution in [1.29, 1.82) is 0 Å². The van der Waals surface area contributed by atoms with Crippen LogP contribution in [0.4, 0.5) is 5.69 Å². The van der Waals surface area contributed by atoms with Gasteiger partial charge in [0, 0.05) is 17.5 Å². The first-order chi connectivity index (χ1) is 20.9. The fraction of sp³-hybridized carbons (Fsp3) is 0.194. The van der Waals surface area contributed by atoms with E-state index in [-0.39, 0.29) is 23.0 Å². The molecule has 4 unspecified atom stereocenters. The molecule has 1 amide bonds. The molecule has 0 aliphatic carbocycles. The number of nitrogens with zero attached hydrogens (tertiary/aromatic N) is 1. The minimum atomic E-state index is -1.42. The Bertz CT molecular complexity index is 1830. The molecule has 4 aromatic carbocycles. The summed E-state index contributed by atoms with van der Waals surface area (Å²) in [6.07, 6.45) is 3.82. The molecule has 214 valence electrons. The highest BCUT2D eigenvalue weighted by molar-refractivity contribution is 6.17. The van der Waals surface area contributed by atoms with E-state index in [0.29, 0.717) is 28.3 Å². The molecule has 7 rings (SSSR count). The topological polar surface area (TPSA) is 84.9 Å². The average molecular weight is 571 g/mol. The molecule has 0 bridgehead atoms. The van der Waals surface area contributed by atoms with Crippen molar-refractivity contribution in [2.45, 2.75) is 24.4 Å². The van der Waals surface area contributed by atoms with Gasteiger partial charge in [-0.1, -0.05) is 72.3 Å². The molecule has 3 aliphatic heterocycles. The number of hydrogen-bond acceptors (Lipinski definition) is 6. The van der Waals surface area contributed by atoms with Crippen LogP contribution >= 0.6 is 0 Å². The molecule has 1 fully saturated rings. The third-order valence-electron chi connectivity index (χ3n) is 9.13. The van der Waals surface area contributed by atoms with E-state index in [4.69, 9.17) is 9.47 Å². The zero-order chi connectivity index (χ0) is 29.9. The number of ether oxygens (including phenoxy) is 2. The Hall–Kier alpha value is -5.17. The van der Waals surface area contributed by atoms with Crippen LogP contribution in [0.15, 0.2) is 97.2 Å². The van der Waals surface area contributed by atoms with Crippen molar-refractivity contribution in [2.24, 2.45) is 5.92 Å². The summed E-state index contributed by atoms with van der Waals surface area (Å²) in [5, 5.41) is 3.08. The predicted octanol–water partition coefficient (Wildman–Crippen LogP) is 5.99. The molecule has 1 spiro atoms. The summed E-state index contributed by atoms with van der Waals surface area (Å²) in [6, 6.07) is 26.1. The van der Waals surface area contributed by atoms with E-state index < -0.39 is 23.4 Å². The number of rotatable bonds is 6. The van der Waals surface area contributed by atoms with Crippen LogP contribution in [-0.2, 0) is 10.2 Å². The summed E-state index contributed by atoms with van der Waals surface area (Å²) in [7, 11) is 3.03. The van der Waals surface area contributed by atoms with Crippen LogP contribution in [0.2, 0.25) is 0 Å². The number of para-hydroxylation sites is 1. The van der Waals surface area contributed by atoms with Crippen molar-refractivity contribution < 1.29 is 23.9 Å². The SMILES string of the molecule is COc1ccc(OC)c(C(=O)C2C(C(=O)c3ccc(C)cc3)N3C=Cc4ccccc4C3C23C(=O)Nc2ccccc23)c1. The number of ketones is 2. The molecular formula is C36H30N2O5. The third-order valence-corrected chi connectivity index (χ3v) is 9.13. The Morgan fingerprint density at radius 3 is 2.37 bits per heavy atom. The number of hydrogen-bond donors (Lipinski definition) is 1. The third kappa shape index (κ3) is 3.77. The van der Waals surface area contributed by atoms with Gasteiger partial charge in [0.25, 0.3) is 0 Å². The Labute approximate surface area is 249 Å². The van der Waals surface area contributed by atoms with Crippen molar-refractivity contribution in [2.75, 3.05) is 19.5 Å². The number of amides is 1. The van der Waals surface area contributed by atoms with Gasteiger partial charge in [-0.25, -0.2) is 0 Å². The van der Waals surface area contributed by atoms with E-state index in [9.17, 15) is 9.59 Å². The second-order valence-corrected chi connectivity index (χ2v) is 11.2. The van der Waals surface area contributed by atoms with E-state index in [1.807, 2.05) is 84.8 Å². The smallest absolute Gasteiger partial charge is 0.238 e.